The summed E-state index contributed by atoms with van der Waals surface area (Å²) in [5.41, 5.74) is 6.94. The summed E-state index contributed by atoms with van der Waals surface area (Å²) >= 11 is 1.25. The summed E-state index contributed by atoms with van der Waals surface area (Å²) in [6.45, 7) is 1.07. The average Bonchev–Trinajstić information content (AvgIpc) is 2.60. The van der Waals surface area contributed by atoms with E-state index in [9.17, 15) is 9.18 Å². The van der Waals surface area contributed by atoms with Crippen molar-refractivity contribution in [2.75, 3.05) is 18.4 Å². The van der Waals surface area contributed by atoms with Gasteiger partial charge in [-0.2, -0.15) is 0 Å². The molecule has 2 heterocycles. The fraction of sp³-hybridized carbons (Fsp3) is 0.111. The number of nitrogens with one attached hydrogen (secondary N) is 1. The number of nitrogens with zero attached hydrogens (tertiary/aromatic N) is 1. The lowest BCUT2D eigenvalue weighted by molar-refractivity contribution is 0.641. The molecular weight excluding hydrogens is 325 g/mol. The summed E-state index contributed by atoms with van der Waals surface area (Å²) in [6, 6.07) is 10.2. The Kier molecular flexibility index (Phi) is 3.63. The predicted octanol–water partition coefficient (Wildman–Crippen LogP) is 3.47. The van der Waals surface area contributed by atoms with Crippen molar-refractivity contribution in [3.63, 3.8) is 0 Å². The van der Waals surface area contributed by atoms with Crippen LogP contribution in [0.3, 0.4) is 0 Å². The first kappa shape index (κ1) is 15.0. The van der Waals surface area contributed by atoms with Crippen LogP contribution in [0.4, 0.5) is 10.1 Å². The first-order chi connectivity index (χ1) is 11.7. The molecule has 2 aromatic heterocycles. The number of benzene rings is 2. The molecule has 0 aliphatic heterocycles. The van der Waals surface area contributed by atoms with E-state index >= 15 is 0 Å². The number of anilines is 1. The van der Waals surface area contributed by atoms with Crippen LogP contribution in [0.25, 0.3) is 31.1 Å². The summed E-state index contributed by atoms with van der Waals surface area (Å²) in [5, 5.41) is 4.97. The Morgan fingerprint density at radius 2 is 2.00 bits per heavy atom. The largest absolute Gasteiger partial charge is 0.383 e. The number of nitrogens with two attached hydrogens (primary N) is 1. The fourth-order valence-electron chi connectivity index (χ4n) is 2.92. The smallest absolute Gasteiger partial charge is 0.196 e. The molecule has 120 valence electrons. The van der Waals surface area contributed by atoms with Gasteiger partial charge in [0.2, 0.25) is 0 Å². The van der Waals surface area contributed by atoms with Gasteiger partial charge in [-0.05, 0) is 24.3 Å². The molecule has 0 unspecified atom stereocenters. The molecule has 0 aliphatic carbocycles. The molecule has 6 heteroatoms. The lowest BCUT2D eigenvalue weighted by Gasteiger charge is -2.11. The van der Waals surface area contributed by atoms with Gasteiger partial charge in [-0.15, -0.1) is 11.3 Å². The van der Waals surface area contributed by atoms with Crippen molar-refractivity contribution in [3.8, 4) is 0 Å². The Morgan fingerprint density at radius 3 is 2.83 bits per heavy atom. The van der Waals surface area contributed by atoms with Crippen LogP contribution in [0, 0.1) is 5.82 Å². The predicted molar refractivity (Wildman–Crippen MR) is 98.4 cm³/mol. The Bertz CT molecular complexity index is 1140. The normalized spacial score (nSPS) is 11.4. The van der Waals surface area contributed by atoms with Crippen LogP contribution in [0.5, 0.6) is 0 Å². The van der Waals surface area contributed by atoms with E-state index in [4.69, 9.17) is 5.73 Å². The van der Waals surface area contributed by atoms with E-state index in [1.807, 2.05) is 18.2 Å². The Balaban J connectivity index is 2.19. The van der Waals surface area contributed by atoms with Gasteiger partial charge in [0.15, 0.2) is 5.43 Å². The van der Waals surface area contributed by atoms with Crippen LogP contribution in [-0.2, 0) is 0 Å². The standard InChI is InChI=1S/C18H14FN3OS/c19-11-4-1-3-10-17(23)16-14(24-18(10)11)9-22-13-6-2-5-12(15(13)16)21-8-7-20/h1-6,9,21H,7-8,20H2. The zero-order valence-electron chi connectivity index (χ0n) is 12.7. The van der Waals surface area contributed by atoms with Gasteiger partial charge in [0.05, 0.1) is 20.3 Å². The summed E-state index contributed by atoms with van der Waals surface area (Å²) < 4.78 is 15.1. The van der Waals surface area contributed by atoms with Crippen molar-refractivity contribution in [1.29, 1.82) is 0 Å². The molecule has 4 aromatic rings. The molecule has 0 aliphatic rings. The van der Waals surface area contributed by atoms with Gasteiger partial charge in [0.25, 0.3) is 0 Å². The number of hydrogen-bond acceptors (Lipinski definition) is 5. The summed E-state index contributed by atoms with van der Waals surface area (Å²) in [7, 11) is 0. The van der Waals surface area contributed by atoms with Crippen molar-refractivity contribution >= 4 is 48.1 Å². The molecule has 0 fully saturated rings. The van der Waals surface area contributed by atoms with Gasteiger partial charge in [0, 0.05) is 35.7 Å². The van der Waals surface area contributed by atoms with Crippen molar-refractivity contribution in [1.82, 2.24) is 4.98 Å². The maximum absolute atomic E-state index is 14.1. The molecule has 0 bridgehead atoms. The average molecular weight is 339 g/mol. The zero-order chi connectivity index (χ0) is 16.7. The van der Waals surface area contributed by atoms with Crippen LogP contribution < -0.4 is 16.5 Å². The number of halogens is 1. The minimum absolute atomic E-state index is 0.173. The maximum atomic E-state index is 14.1. The first-order valence-electron chi connectivity index (χ1n) is 7.57. The number of pyridine rings is 1. The third-order valence-corrected chi connectivity index (χ3v) is 5.12. The second-order valence-corrected chi connectivity index (χ2v) is 6.51. The van der Waals surface area contributed by atoms with Gasteiger partial charge in [-0.1, -0.05) is 12.1 Å². The Labute approximate surface area is 140 Å². The lowest BCUT2D eigenvalue weighted by Crippen LogP contribution is -2.13. The van der Waals surface area contributed by atoms with Crippen molar-refractivity contribution in [3.05, 3.63) is 58.6 Å². The number of hydrogen-bond donors (Lipinski definition) is 2. The molecule has 0 radical (unpaired) electrons. The SMILES string of the molecule is NCCNc1cccc2ncc3sc4c(F)cccc4c(=O)c3c12. The number of aromatic nitrogens is 1. The van der Waals surface area contributed by atoms with E-state index in [1.54, 1.807) is 18.3 Å². The van der Waals surface area contributed by atoms with Gasteiger partial charge < -0.3 is 11.1 Å². The molecule has 0 saturated heterocycles. The van der Waals surface area contributed by atoms with Gasteiger partial charge in [-0.25, -0.2) is 4.39 Å². The highest BCUT2D eigenvalue weighted by Crippen LogP contribution is 2.33. The molecule has 0 saturated carbocycles. The van der Waals surface area contributed by atoms with Crippen LogP contribution in [0.2, 0.25) is 0 Å². The van der Waals surface area contributed by atoms with Crippen molar-refractivity contribution in [2.45, 2.75) is 0 Å². The third kappa shape index (κ3) is 2.23. The second-order valence-electron chi connectivity index (χ2n) is 5.46. The van der Waals surface area contributed by atoms with E-state index in [2.05, 4.69) is 10.3 Å². The van der Waals surface area contributed by atoms with Crippen LogP contribution >= 0.6 is 11.3 Å². The molecule has 4 nitrogen and oxygen atoms in total. The zero-order valence-corrected chi connectivity index (χ0v) is 13.5. The molecular formula is C18H14FN3OS. The van der Waals surface area contributed by atoms with Crippen LogP contribution in [-0.4, -0.2) is 18.1 Å². The van der Waals surface area contributed by atoms with Gasteiger partial charge in [-0.3, -0.25) is 9.78 Å². The first-order valence-corrected chi connectivity index (χ1v) is 8.39. The van der Waals surface area contributed by atoms with Crippen molar-refractivity contribution < 1.29 is 4.39 Å². The molecule has 0 spiro atoms. The fourth-order valence-corrected chi connectivity index (χ4v) is 3.98. The third-order valence-electron chi connectivity index (χ3n) is 3.97. The van der Waals surface area contributed by atoms with Crippen LogP contribution in [0.1, 0.15) is 0 Å². The Morgan fingerprint density at radius 1 is 1.17 bits per heavy atom. The minimum atomic E-state index is -0.383. The molecule has 0 amide bonds. The second kappa shape index (κ2) is 5.81. The lowest BCUT2D eigenvalue weighted by atomic mass is 10.1. The van der Waals surface area contributed by atoms with Gasteiger partial charge >= 0.3 is 0 Å². The van der Waals surface area contributed by atoms with E-state index in [0.717, 1.165) is 16.6 Å². The highest BCUT2D eigenvalue weighted by molar-refractivity contribution is 7.24. The highest BCUT2D eigenvalue weighted by atomic mass is 32.1. The molecule has 2 aromatic carbocycles. The monoisotopic (exact) mass is 339 g/mol. The summed E-state index contributed by atoms with van der Waals surface area (Å²) in [6.07, 6.45) is 1.64. The van der Waals surface area contributed by atoms with E-state index in [-0.39, 0.29) is 11.2 Å². The molecule has 0 atom stereocenters. The molecule has 3 N–H and O–H groups in total. The molecule has 24 heavy (non-hydrogen) atoms. The maximum Gasteiger partial charge on any atom is 0.196 e. The summed E-state index contributed by atoms with van der Waals surface area (Å²) in [5.74, 6) is -0.383. The Hall–Kier alpha value is -2.57. The minimum Gasteiger partial charge on any atom is -0.383 e. The number of fused-ring (bicyclic) bond motifs is 4. The van der Waals surface area contributed by atoms with E-state index < -0.39 is 0 Å². The highest BCUT2D eigenvalue weighted by Gasteiger charge is 2.14. The van der Waals surface area contributed by atoms with Crippen molar-refractivity contribution in [2.24, 2.45) is 5.73 Å². The van der Waals surface area contributed by atoms with Gasteiger partial charge in [0.1, 0.15) is 5.82 Å². The van der Waals surface area contributed by atoms with E-state index in [0.29, 0.717) is 33.3 Å². The quantitative estimate of drug-likeness (QED) is 0.443. The van der Waals surface area contributed by atoms with Crippen LogP contribution in [0.15, 0.2) is 47.4 Å². The number of rotatable bonds is 3. The molecule has 4 rings (SSSR count). The summed E-state index contributed by atoms with van der Waals surface area (Å²) in [4.78, 5) is 17.5. The van der Waals surface area contributed by atoms with E-state index in [1.165, 1.54) is 17.4 Å². The topological polar surface area (TPSA) is 68.0 Å².